The summed E-state index contributed by atoms with van der Waals surface area (Å²) in [4.78, 5) is 29.9. The van der Waals surface area contributed by atoms with Crippen LogP contribution in [-0.4, -0.2) is 33.2 Å². The van der Waals surface area contributed by atoms with Gasteiger partial charge in [0, 0.05) is 17.0 Å². The maximum atomic E-state index is 13.0. The summed E-state index contributed by atoms with van der Waals surface area (Å²) in [5.74, 6) is -0.262. The first-order valence-electron chi connectivity index (χ1n) is 9.55. The third-order valence-electron chi connectivity index (χ3n) is 4.63. The highest BCUT2D eigenvalue weighted by molar-refractivity contribution is 6.06. The van der Waals surface area contributed by atoms with Crippen LogP contribution >= 0.6 is 0 Å². The molecule has 2 N–H and O–H groups in total. The molecule has 31 heavy (non-hydrogen) atoms. The fourth-order valence-corrected chi connectivity index (χ4v) is 3.06. The molecule has 2 aromatic carbocycles. The lowest BCUT2D eigenvalue weighted by molar-refractivity contribution is -0.123. The number of hydrogen-bond donors (Lipinski definition) is 2. The first-order chi connectivity index (χ1) is 14.9. The quantitative estimate of drug-likeness (QED) is 0.470. The zero-order valence-electron chi connectivity index (χ0n) is 16.8. The molecule has 1 amide bonds. The van der Waals surface area contributed by atoms with Crippen LogP contribution in [0.2, 0.25) is 0 Å². The van der Waals surface area contributed by atoms with E-state index in [-0.39, 0.29) is 17.1 Å². The Kier molecular flexibility index (Phi) is 5.36. The zero-order chi connectivity index (χ0) is 22.0. The number of benzene rings is 2. The van der Waals surface area contributed by atoms with Gasteiger partial charge in [-0.25, -0.2) is 9.78 Å². The van der Waals surface area contributed by atoms with Crippen LogP contribution in [-0.2, 0) is 9.53 Å². The number of aromatic hydroxyl groups is 1. The number of anilines is 1. The Balaban J connectivity index is 1.62. The number of para-hydroxylation sites is 1. The van der Waals surface area contributed by atoms with E-state index in [4.69, 9.17) is 9.26 Å². The van der Waals surface area contributed by atoms with Crippen molar-refractivity contribution in [1.82, 2.24) is 10.1 Å². The normalized spacial score (nSPS) is 11.8. The number of fused-ring (bicyclic) bond motifs is 1. The van der Waals surface area contributed by atoms with E-state index in [1.807, 2.05) is 6.07 Å². The van der Waals surface area contributed by atoms with Gasteiger partial charge in [0.05, 0.1) is 16.8 Å². The van der Waals surface area contributed by atoms with E-state index in [0.29, 0.717) is 22.4 Å². The van der Waals surface area contributed by atoms with E-state index in [1.54, 1.807) is 61.5 Å². The lowest BCUT2D eigenvalue weighted by Crippen LogP contribution is -2.30. The van der Waals surface area contributed by atoms with Gasteiger partial charge < -0.3 is 19.7 Å². The minimum atomic E-state index is -1.06. The summed E-state index contributed by atoms with van der Waals surface area (Å²) >= 11 is 0. The average Bonchev–Trinajstić information content (AvgIpc) is 3.17. The Bertz CT molecular complexity index is 1260. The molecule has 0 saturated carbocycles. The zero-order valence-corrected chi connectivity index (χ0v) is 16.8. The van der Waals surface area contributed by atoms with Gasteiger partial charge in [-0.1, -0.05) is 23.4 Å². The highest BCUT2D eigenvalue weighted by Crippen LogP contribution is 2.27. The van der Waals surface area contributed by atoms with Crippen molar-refractivity contribution in [3.8, 4) is 17.0 Å². The Labute approximate surface area is 177 Å². The second kappa shape index (κ2) is 8.27. The van der Waals surface area contributed by atoms with Crippen molar-refractivity contribution in [2.45, 2.75) is 20.0 Å². The van der Waals surface area contributed by atoms with Crippen molar-refractivity contribution >= 4 is 28.6 Å². The van der Waals surface area contributed by atoms with Gasteiger partial charge in [0.1, 0.15) is 11.5 Å². The highest BCUT2D eigenvalue weighted by Gasteiger charge is 2.22. The number of aryl methyl sites for hydroxylation is 1. The predicted molar refractivity (Wildman–Crippen MR) is 114 cm³/mol. The predicted octanol–water partition coefficient (Wildman–Crippen LogP) is 4.09. The molecule has 2 aromatic heterocycles. The molecule has 0 fully saturated rings. The van der Waals surface area contributed by atoms with Crippen LogP contribution in [0.5, 0.6) is 5.75 Å². The van der Waals surface area contributed by atoms with E-state index in [9.17, 15) is 14.7 Å². The number of esters is 1. The lowest BCUT2D eigenvalue weighted by Gasteiger charge is -2.14. The van der Waals surface area contributed by atoms with Crippen molar-refractivity contribution in [1.29, 1.82) is 0 Å². The molecule has 8 nitrogen and oxygen atoms in total. The van der Waals surface area contributed by atoms with E-state index in [1.165, 1.54) is 6.92 Å². The highest BCUT2D eigenvalue weighted by atomic mass is 16.5. The molecular formula is C23H19N3O5. The molecule has 156 valence electrons. The summed E-state index contributed by atoms with van der Waals surface area (Å²) in [6.07, 6.45) is -1.06. The maximum absolute atomic E-state index is 13.0. The van der Waals surface area contributed by atoms with Gasteiger partial charge in [-0.2, -0.15) is 0 Å². The summed E-state index contributed by atoms with van der Waals surface area (Å²) in [5, 5.41) is 16.4. The van der Waals surface area contributed by atoms with Crippen LogP contribution in [0.25, 0.3) is 22.2 Å². The molecule has 0 aliphatic heterocycles. The third kappa shape index (κ3) is 4.37. The molecule has 0 radical (unpaired) electrons. The number of carbonyl (C=O) groups excluding carboxylic acids is 2. The molecule has 0 spiro atoms. The number of phenolic OH excluding ortho intramolecular Hbond substituents is 1. The standard InChI is InChI=1S/C23H19N3O5/c1-13-11-21(26-31-13)25-22(28)14(2)30-23(29)18-12-20(15-7-9-16(27)10-8-15)24-19-6-4-3-5-17(18)19/h3-12,14,27H,1-2H3,(H,25,26,28)/t14-/m1/s1. The molecule has 0 saturated heterocycles. The Morgan fingerprint density at radius 1 is 1.10 bits per heavy atom. The Morgan fingerprint density at radius 3 is 2.55 bits per heavy atom. The minimum Gasteiger partial charge on any atom is -0.508 e. The molecular weight excluding hydrogens is 398 g/mol. The number of nitrogens with one attached hydrogen (secondary N) is 1. The van der Waals surface area contributed by atoms with Gasteiger partial charge in [0.15, 0.2) is 11.9 Å². The largest absolute Gasteiger partial charge is 0.508 e. The fourth-order valence-electron chi connectivity index (χ4n) is 3.06. The van der Waals surface area contributed by atoms with E-state index < -0.39 is 18.0 Å². The molecule has 0 aliphatic carbocycles. The SMILES string of the molecule is Cc1cc(NC(=O)[C@@H](C)OC(=O)c2cc(-c3ccc(O)cc3)nc3ccccc23)no1. The number of carbonyl (C=O) groups is 2. The van der Waals surface area contributed by atoms with Crippen molar-refractivity contribution in [3.63, 3.8) is 0 Å². The van der Waals surface area contributed by atoms with Crippen LogP contribution in [0.4, 0.5) is 5.82 Å². The number of amides is 1. The number of ether oxygens (including phenoxy) is 1. The molecule has 2 heterocycles. The van der Waals surface area contributed by atoms with Crippen LogP contribution in [0.3, 0.4) is 0 Å². The molecule has 4 rings (SSSR count). The molecule has 0 unspecified atom stereocenters. The number of aromatic nitrogens is 2. The number of pyridine rings is 1. The topological polar surface area (TPSA) is 115 Å². The maximum Gasteiger partial charge on any atom is 0.339 e. The lowest BCUT2D eigenvalue weighted by atomic mass is 10.0. The summed E-state index contributed by atoms with van der Waals surface area (Å²) in [7, 11) is 0. The van der Waals surface area contributed by atoms with Crippen molar-refractivity contribution in [3.05, 3.63) is 72.0 Å². The van der Waals surface area contributed by atoms with E-state index >= 15 is 0 Å². The fraction of sp³-hybridized carbons (Fsp3) is 0.130. The average molecular weight is 417 g/mol. The second-order valence-corrected chi connectivity index (χ2v) is 6.98. The first-order valence-corrected chi connectivity index (χ1v) is 9.55. The number of phenols is 1. The Morgan fingerprint density at radius 2 is 1.84 bits per heavy atom. The van der Waals surface area contributed by atoms with E-state index in [0.717, 1.165) is 5.56 Å². The third-order valence-corrected chi connectivity index (χ3v) is 4.63. The van der Waals surface area contributed by atoms with Crippen LogP contribution in [0.15, 0.2) is 65.2 Å². The molecule has 4 aromatic rings. The van der Waals surface area contributed by atoms with Crippen LogP contribution in [0, 0.1) is 6.92 Å². The van der Waals surface area contributed by atoms with Crippen molar-refractivity contribution in [2.75, 3.05) is 5.32 Å². The van der Waals surface area contributed by atoms with Crippen LogP contribution < -0.4 is 5.32 Å². The van der Waals surface area contributed by atoms with Gasteiger partial charge in [-0.05, 0) is 50.2 Å². The molecule has 0 aliphatic rings. The van der Waals surface area contributed by atoms with Gasteiger partial charge >= 0.3 is 5.97 Å². The van der Waals surface area contributed by atoms with Gasteiger partial charge in [-0.15, -0.1) is 0 Å². The van der Waals surface area contributed by atoms with Crippen molar-refractivity contribution in [2.24, 2.45) is 0 Å². The molecule has 0 bridgehead atoms. The van der Waals surface area contributed by atoms with Crippen molar-refractivity contribution < 1.29 is 24.0 Å². The summed E-state index contributed by atoms with van der Waals surface area (Å²) in [6.45, 7) is 3.18. The summed E-state index contributed by atoms with van der Waals surface area (Å²) < 4.78 is 10.3. The smallest absolute Gasteiger partial charge is 0.339 e. The van der Waals surface area contributed by atoms with Gasteiger partial charge in [0.2, 0.25) is 0 Å². The number of rotatable bonds is 5. The monoisotopic (exact) mass is 417 g/mol. The second-order valence-electron chi connectivity index (χ2n) is 6.98. The first kappa shape index (κ1) is 20.1. The Hall–Kier alpha value is -4.20. The molecule has 8 heteroatoms. The summed E-state index contributed by atoms with van der Waals surface area (Å²) in [6, 6.07) is 16.8. The van der Waals surface area contributed by atoms with E-state index in [2.05, 4.69) is 15.5 Å². The summed E-state index contributed by atoms with van der Waals surface area (Å²) in [5.41, 5.74) is 2.16. The van der Waals surface area contributed by atoms with Gasteiger partial charge in [-0.3, -0.25) is 4.79 Å². The van der Waals surface area contributed by atoms with Gasteiger partial charge in [0.25, 0.3) is 5.91 Å². The minimum absolute atomic E-state index is 0.131. The number of nitrogens with zero attached hydrogens (tertiary/aromatic N) is 2. The molecule has 1 atom stereocenters. The number of hydrogen-bond acceptors (Lipinski definition) is 7. The van der Waals surface area contributed by atoms with Crippen LogP contribution in [0.1, 0.15) is 23.0 Å².